The van der Waals surface area contributed by atoms with Gasteiger partial charge in [-0.25, -0.2) is 4.79 Å². The lowest BCUT2D eigenvalue weighted by molar-refractivity contribution is -0.138. The van der Waals surface area contributed by atoms with Gasteiger partial charge >= 0.3 is 5.97 Å². The van der Waals surface area contributed by atoms with Crippen molar-refractivity contribution < 1.29 is 9.53 Å². The largest absolute Gasteiger partial charge is 0.461 e. The fourth-order valence-corrected chi connectivity index (χ4v) is 1.16. The van der Waals surface area contributed by atoms with Gasteiger partial charge in [0.1, 0.15) is 0 Å². The van der Waals surface area contributed by atoms with Crippen molar-refractivity contribution in [2.24, 2.45) is 5.18 Å². The third kappa shape index (κ3) is 2.52. The molecule has 0 aromatic heterocycles. The second-order valence-electron chi connectivity index (χ2n) is 2.86. The quantitative estimate of drug-likeness (QED) is 0.401. The summed E-state index contributed by atoms with van der Waals surface area (Å²) in [5, 5.41) is 2.71. The Bertz CT molecular complexity index is 356. The standard InChI is InChI=1S/C10H12N2O3/c1-3-15-10(13)9(11-14)8-6-4-5-7-12(8)2/h4-7H,3H2,1-2H3. The maximum Gasteiger partial charge on any atom is 0.362 e. The topological polar surface area (TPSA) is 59.0 Å². The summed E-state index contributed by atoms with van der Waals surface area (Å²) in [6, 6.07) is 0. The average Bonchev–Trinajstić information content (AvgIpc) is 2.22. The third-order valence-electron chi connectivity index (χ3n) is 1.86. The van der Waals surface area contributed by atoms with Gasteiger partial charge in [-0.15, -0.1) is 4.91 Å². The molecule has 0 saturated heterocycles. The van der Waals surface area contributed by atoms with Crippen LogP contribution in [-0.4, -0.2) is 24.5 Å². The molecule has 0 atom stereocenters. The van der Waals surface area contributed by atoms with E-state index in [-0.39, 0.29) is 12.3 Å². The van der Waals surface area contributed by atoms with Crippen LogP contribution in [0.15, 0.2) is 41.0 Å². The minimum absolute atomic E-state index is 0.208. The van der Waals surface area contributed by atoms with E-state index in [1.165, 1.54) is 0 Å². The fraction of sp³-hybridized carbons (Fsp3) is 0.300. The minimum atomic E-state index is -0.700. The smallest absolute Gasteiger partial charge is 0.362 e. The summed E-state index contributed by atoms with van der Waals surface area (Å²) in [6.45, 7) is 1.89. The number of ether oxygens (including phenoxy) is 1. The number of nitrogens with zero attached hydrogens (tertiary/aromatic N) is 2. The Morgan fingerprint density at radius 1 is 1.53 bits per heavy atom. The highest BCUT2D eigenvalue weighted by Gasteiger charge is 2.19. The number of hydrogen-bond donors (Lipinski definition) is 0. The minimum Gasteiger partial charge on any atom is -0.461 e. The van der Waals surface area contributed by atoms with Crippen molar-refractivity contribution in [3.63, 3.8) is 0 Å². The van der Waals surface area contributed by atoms with Crippen LogP contribution < -0.4 is 0 Å². The summed E-state index contributed by atoms with van der Waals surface area (Å²) in [6.07, 6.45) is 6.87. The summed E-state index contributed by atoms with van der Waals surface area (Å²) in [5.41, 5.74) is 0.228. The highest BCUT2D eigenvalue weighted by atomic mass is 16.5. The molecular weight excluding hydrogens is 196 g/mol. The zero-order valence-electron chi connectivity index (χ0n) is 8.64. The lowest BCUT2D eigenvalue weighted by Gasteiger charge is -2.18. The number of carbonyl (C=O) groups excluding carboxylic acids is 1. The molecule has 0 spiro atoms. The van der Waals surface area contributed by atoms with E-state index >= 15 is 0 Å². The number of hydrogen-bond acceptors (Lipinski definition) is 5. The van der Waals surface area contributed by atoms with Gasteiger partial charge in [0.2, 0.25) is 5.70 Å². The molecule has 0 aromatic carbocycles. The van der Waals surface area contributed by atoms with Gasteiger partial charge in [0.05, 0.1) is 12.3 Å². The summed E-state index contributed by atoms with van der Waals surface area (Å²) < 4.78 is 4.72. The van der Waals surface area contributed by atoms with Crippen LogP contribution in [-0.2, 0) is 9.53 Å². The number of nitroso groups, excluding NO2 is 1. The van der Waals surface area contributed by atoms with E-state index in [0.29, 0.717) is 5.70 Å². The SMILES string of the molecule is CCOC(=O)C(N=O)=C1C=CC=CN1C. The average molecular weight is 208 g/mol. The number of carbonyl (C=O) groups is 1. The molecule has 0 aliphatic carbocycles. The van der Waals surface area contributed by atoms with E-state index in [1.807, 2.05) is 0 Å². The van der Waals surface area contributed by atoms with Crippen LogP contribution in [0.4, 0.5) is 0 Å². The van der Waals surface area contributed by atoms with Gasteiger partial charge in [-0.2, -0.15) is 0 Å². The van der Waals surface area contributed by atoms with Gasteiger partial charge in [0, 0.05) is 13.2 Å². The van der Waals surface area contributed by atoms with Crippen LogP contribution in [0, 0.1) is 4.91 Å². The molecule has 0 bridgehead atoms. The Kier molecular flexibility index (Phi) is 3.79. The van der Waals surface area contributed by atoms with Crippen LogP contribution in [0.2, 0.25) is 0 Å². The van der Waals surface area contributed by atoms with Crippen molar-refractivity contribution >= 4 is 5.97 Å². The lowest BCUT2D eigenvalue weighted by Crippen LogP contribution is -2.17. The Hall–Kier alpha value is -1.91. The Morgan fingerprint density at radius 3 is 2.80 bits per heavy atom. The first-order chi connectivity index (χ1) is 7.20. The second-order valence-corrected chi connectivity index (χ2v) is 2.86. The molecule has 0 unspecified atom stereocenters. The molecule has 0 radical (unpaired) electrons. The highest BCUT2D eigenvalue weighted by molar-refractivity contribution is 5.89. The van der Waals surface area contributed by atoms with Gasteiger partial charge < -0.3 is 9.64 Å². The second kappa shape index (κ2) is 5.09. The molecule has 15 heavy (non-hydrogen) atoms. The highest BCUT2D eigenvalue weighted by Crippen LogP contribution is 2.16. The predicted octanol–water partition coefficient (Wildman–Crippen LogP) is 1.54. The Morgan fingerprint density at radius 2 is 2.27 bits per heavy atom. The van der Waals surface area contributed by atoms with Crippen molar-refractivity contribution in [2.75, 3.05) is 13.7 Å². The summed E-state index contributed by atoms with van der Waals surface area (Å²) in [4.78, 5) is 23.6. The first-order valence-electron chi connectivity index (χ1n) is 4.53. The maximum absolute atomic E-state index is 11.4. The molecule has 0 aromatic rings. The molecule has 0 saturated carbocycles. The molecule has 5 nitrogen and oxygen atoms in total. The number of rotatable bonds is 3. The molecule has 0 fully saturated rings. The zero-order valence-corrected chi connectivity index (χ0v) is 8.64. The normalized spacial score (nSPS) is 17.6. The summed E-state index contributed by atoms with van der Waals surface area (Å²) in [7, 11) is 1.72. The maximum atomic E-state index is 11.4. The first-order valence-corrected chi connectivity index (χ1v) is 4.53. The van der Waals surface area contributed by atoms with E-state index in [0.717, 1.165) is 0 Å². The van der Waals surface area contributed by atoms with Crippen LogP contribution in [0.1, 0.15) is 6.92 Å². The molecule has 5 heteroatoms. The third-order valence-corrected chi connectivity index (χ3v) is 1.86. The Balaban J connectivity index is 3.02. The van der Waals surface area contributed by atoms with Crippen molar-refractivity contribution in [2.45, 2.75) is 6.92 Å². The predicted molar refractivity (Wildman–Crippen MR) is 55.5 cm³/mol. The van der Waals surface area contributed by atoms with E-state index in [4.69, 9.17) is 4.74 Å². The van der Waals surface area contributed by atoms with Crippen molar-refractivity contribution in [1.82, 2.24) is 4.90 Å². The van der Waals surface area contributed by atoms with Gasteiger partial charge in [-0.1, -0.05) is 6.08 Å². The number of likely N-dealkylation sites (N-methyl/N-ethyl adjacent to an activating group) is 1. The monoisotopic (exact) mass is 208 g/mol. The summed E-state index contributed by atoms with van der Waals surface area (Å²) in [5.74, 6) is -0.700. The van der Waals surface area contributed by atoms with Crippen LogP contribution in [0.5, 0.6) is 0 Å². The molecular formula is C10H12N2O3. The fourth-order valence-electron chi connectivity index (χ4n) is 1.16. The lowest BCUT2D eigenvalue weighted by atomic mass is 10.2. The number of esters is 1. The van der Waals surface area contributed by atoms with Crippen LogP contribution in [0.3, 0.4) is 0 Å². The number of allylic oxidation sites excluding steroid dienone is 3. The van der Waals surface area contributed by atoms with Gasteiger partial charge in [0.25, 0.3) is 0 Å². The van der Waals surface area contributed by atoms with Gasteiger partial charge in [-0.3, -0.25) is 0 Å². The van der Waals surface area contributed by atoms with E-state index < -0.39 is 5.97 Å². The van der Waals surface area contributed by atoms with E-state index in [2.05, 4.69) is 5.18 Å². The molecule has 0 N–H and O–H groups in total. The molecule has 1 heterocycles. The van der Waals surface area contributed by atoms with Crippen molar-refractivity contribution in [1.29, 1.82) is 0 Å². The molecule has 1 aliphatic heterocycles. The van der Waals surface area contributed by atoms with Gasteiger partial charge in [-0.05, 0) is 24.3 Å². The van der Waals surface area contributed by atoms with Crippen molar-refractivity contribution in [3.05, 3.63) is 40.7 Å². The molecule has 1 aliphatic rings. The van der Waals surface area contributed by atoms with Crippen LogP contribution in [0.25, 0.3) is 0 Å². The summed E-state index contributed by atoms with van der Waals surface area (Å²) >= 11 is 0. The van der Waals surface area contributed by atoms with Crippen molar-refractivity contribution in [3.8, 4) is 0 Å². The van der Waals surface area contributed by atoms with Crippen LogP contribution >= 0.6 is 0 Å². The van der Waals surface area contributed by atoms with Gasteiger partial charge in [0.15, 0.2) is 0 Å². The molecule has 0 amide bonds. The molecule has 80 valence electrons. The van der Waals surface area contributed by atoms with E-state index in [9.17, 15) is 9.70 Å². The zero-order chi connectivity index (χ0) is 11.3. The first kappa shape index (κ1) is 11.2. The Labute approximate surface area is 87.7 Å². The molecule has 1 rings (SSSR count). The van der Waals surface area contributed by atoms with E-state index in [1.54, 1.807) is 43.3 Å².